The molecule has 0 aromatic rings. The van der Waals surface area contributed by atoms with Crippen molar-refractivity contribution in [3.63, 3.8) is 0 Å². The number of rotatable bonds is 3. The van der Waals surface area contributed by atoms with Crippen molar-refractivity contribution in [1.82, 2.24) is 0 Å². The SMILES string of the molecule is CC=CC1CC2C=CC1C2.CC=CCC1CC2C=CC1C2. The van der Waals surface area contributed by atoms with Crippen molar-refractivity contribution < 1.29 is 0 Å². The van der Waals surface area contributed by atoms with Crippen LogP contribution in [0.1, 0.15) is 46.0 Å². The smallest absolute Gasteiger partial charge is 0.0165 e. The lowest BCUT2D eigenvalue weighted by molar-refractivity contribution is 0.454. The van der Waals surface area contributed by atoms with Gasteiger partial charge in [-0.2, -0.15) is 0 Å². The van der Waals surface area contributed by atoms with Crippen molar-refractivity contribution in [2.24, 2.45) is 35.5 Å². The summed E-state index contributed by atoms with van der Waals surface area (Å²) in [6.45, 7) is 4.23. The highest BCUT2D eigenvalue weighted by molar-refractivity contribution is 5.14. The Morgan fingerprint density at radius 1 is 0.810 bits per heavy atom. The Bertz CT molecular complexity index is 451. The summed E-state index contributed by atoms with van der Waals surface area (Å²) < 4.78 is 0. The van der Waals surface area contributed by atoms with Gasteiger partial charge < -0.3 is 0 Å². The topological polar surface area (TPSA) is 0 Å². The van der Waals surface area contributed by atoms with Crippen LogP contribution in [-0.4, -0.2) is 0 Å². The lowest BCUT2D eigenvalue weighted by Crippen LogP contribution is -2.04. The molecular weight excluding hydrogens is 252 g/mol. The summed E-state index contributed by atoms with van der Waals surface area (Å²) >= 11 is 0. The Hall–Kier alpha value is -1.04. The third-order valence-corrected chi connectivity index (χ3v) is 5.86. The highest BCUT2D eigenvalue weighted by atomic mass is 14.4. The Morgan fingerprint density at radius 2 is 1.52 bits per heavy atom. The first-order valence-corrected chi connectivity index (χ1v) is 8.90. The summed E-state index contributed by atoms with van der Waals surface area (Å²) in [5.74, 6) is 5.53. The summed E-state index contributed by atoms with van der Waals surface area (Å²) in [6.07, 6.45) is 25.7. The summed E-state index contributed by atoms with van der Waals surface area (Å²) in [4.78, 5) is 0. The van der Waals surface area contributed by atoms with E-state index in [1.165, 1.54) is 32.1 Å². The van der Waals surface area contributed by atoms with Crippen molar-refractivity contribution in [3.05, 3.63) is 48.6 Å². The van der Waals surface area contributed by atoms with E-state index >= 15 is 0 Å². The minimum Gasteiger partial charge on any atom is -0.0917 e. The maximum Gasteiger partial charge on any atom is -0.0165 e. The molecule has 4 aliphatic carbocycles. The van der Waals surface area contributed by atoms with Crippen molar-refractivity contribution >= 4 is 0 Å². The molecule has 2 saturated carbocycles. The van der Waals surface area contributed by atoms with Crippen LogP contribution in [0.5, 0.6) is 0 Å². The van der Waals surface area contributed by atoms with E-state index in [1.54, 1.807) is 0 Å². The molecule has 0 heterocycles. The number of hydrogen-bond acceptors (Lipinski definition) is 0. The number of allylic oxidation sites excluding steroid dienone is 8. The minimum absolute atomic E-state index is 0.875. The van der Waals surface area contributed by atoms with Gasteiger partial charge in [0.05, 0.1) is 0 Å². The van der Waals surface area contributed by atoms with Gasteiger partial charge in [-0.15, -0.1) is 0 Å². The highest BCUT2D eigenvalue weighted by Crippen LogP contribution is 2.45. The van der Waals surface area contributed by atoms with Crippen LogP contribution >= 0.6 is 0 Å². The molecule has 0 aromatic carbocycles. The first kappa shape index (κ1) is 14.9. The summed E-state index contributed by atoms with van der Waals surface area (Å²) in [5, 5.41) is 0. The van der Waals surface area contributed by atoms with Crippen molar-refractivity contribution in [3.8, 4) is 0 Å². The maximum absolute atomic E-state index is 2.43. The molecule has 114 valence electrons. The maximum atomic E-state index is 2.43. The van der Waals surface area contributed by atoms with E-state index in [-0.39, 0.29) is 0 Å². The first-order valence-electron chi connectivity index (χ1n) is 8.90. The standard InChI is InChI=1S/C11H16.C10H14/c1-2-3-4-10-7-9-5-6-11(10)8-9;1-2-3-9-6-8-4-5-10(9)7-8/h2-3,5-6,9-11H,4,7-8H2,1H3;2-5,8-10H,6-7H2,1H3. The zero-order chi connectivity index (χ0) is 14.7. The molecule has 4 rings (SSSR count). The lowest BCUT2D eigenvalue weighted by atomic mass is 9.90. The molecule has 21 heavy (non-hydrogen) atoms. The molecule has 4 bridgehead atoms. The zero-order valence-corrected chi connectivity index (χ0v) is 13.6. The third-order valence-electron chi connectivity index (χ3n) is 5.86. The molecule has 0 aliphatic heterocycles. The van der Waals surface area contributed by atoms with Gasteiger partial charge in [-0.25, -0.2) is 0 Å². The second-order valence-electron chi connectivity index (χ2n) is 7.31. The van der Waals surface area contributed by atoms with E-state index in [9.17, 15) is 0 Å². The molecule has 4 aliphatic rings. The fourth-order valence-corrected chi connectivity index (χ4v) is 4.77. The second-order valence-corrected chi connectivity index (χ2v) is 7.31. The fraction of sp³-hybridized carbons (Fsp3) is 0.619. The average Bonchev–Trinajstić information content (AvgIpc) is 3.26. The average molecular weight is 282 g/mol. The fourth-order valence-electron chi connectivity index (χ4n) is 4.77. The van der Waals surface area contributed by atoms with Gasteiger partial charge in [0.25, 0.3) is 0 Å². The number of hydrogen-bond donors (Lipinski definition) is 0. The first-order chi connectivity index (χ1) is 10.3. The zero-order valence-electron chi connectivity index (χ0n) is 13.6. The molecule has 0 amide bonds. The van der Waals surface area contributed by atoms with E-state index in [0.717, 1.165) is 35.5 Å². The third kappa shape index (κ3) is 3.42. The molecule has 6 atom stereocenters. The second kappa shape index (κ2) is 6.81. The predicted molar refractivity (Wildman–Crippen MR) is 91.9 cm³/mol. The van der Waals surface area contributed by atoms with E-state index < -0.39 is 0 Å². The Balaban J connectivity index is 0.000000126. The van der Waals surface area contributed by atoms with E-state index in [4.69, 9.17) is 0 Å². The molecule has 0 radical (unpaired) electrons. The van der Waals surface area contributed by atoms with Crippen LogP contribution < -0.4 is 0 Å². The van der Waals surface area contributed by atoms with Gasteiger partial charge in [0.2, 0.25) is 0 Å². The number of fused-ring (bicyclic) bond motifs is 4. The Labute approximate surface area is 130 Å². The molecule has 0 saturated heterocycles. The van der Waals surface area contributed by atoms with Gasteiger partial charge in [-0.05, 0) is 81.5 Å². The van der Waals surface area contributed by atoms with Gasteiger partial charge in [0.15, 0.2) is 0 Å². The van der Waals surface area contributed by atoms with E-state index in [1.807, 2.05) is 0 Å². The largest absolute Gasteiger partial charge is 0.0917 e. The van der Waals surface area contributed by atoms with Gasteiger partial charge >= 0.3 is 0 Å². The van der Waals surface area contributed by atoms with Crippen LogP contribution in [-0.2, 0) is 0 Å². The van der Waals surface area contributed by atoms with Crippen LogP contribution in [0.3, 0.4) is 0 Å². The Kier molecular flexibility index (Phi) is 4.83. The molecular formula is C21H30. The van der Waals surface area contributed by atoms with Crippen molar-refractivity contribution in [2.45, 2.75) is 46.0 Å². The van der Waals surface area contributed by atoms with Gasteiger partial charge in [-0.1, -0.05) is 48.6 Å². The van der Waals surface area contributed by atoms with E-state index in [0.29, 0.717) is 0 Å². The summed E-state index contributed by atoms with van der Waals surface area (Å²) in [7, 11) is 0. The highest BCUT2D eigenvalue weighted by Gasteiger charge is 2.34. The van der Waals surface area contributed by atoms with Crippen molar-refractivity contribution in [2.75, 3.05) is 0 Å². The molecule has 0 spiro atoms. The quantitative estimate of drug-likeness (QED) is 0.562. The monoisotopic (exact) mass is 282 g/mol. The van der Waals surface area contributed by atoms with Crippen LogP contribution in [0.2, 0.25) is 0 Å². The lowest BCUT2D eigenvalue weighted by Gasteiger charge is -2.15. The van der Waals surface area contributed by atoms with Gasteiger partial charge in [0.1, 0.15) is 0 Å². The van der Waals surface area contributed by atoms with Crippen LogP contribution in [0.15, 0.2) is 48.6 Å². The molecule has 6 unspecified atom stereocenters. The molecule has 2 fully saturated rings. The van der Waals surface area contributed by atoms with Gasteiger partial charge in [0, 0.05) is 0 Å². The summed E-state index contributed by atoms with van der Waals surface area (Å²) in [6, 6.07) is 0. The van der Waals surface area contributed by atoms with Crippen LogP contribution in [0.4, 0.5) is 0 Å². The molecule has 0 nitrogen and oxygen atoms in total. The predicted octanol–water partition coefficient (Wildman–Crippen LogP) is 5.94. The Morgan fingerprint density at radius 3 is 2.00 bits per heavy atom. The van der Waals surface area contributed by atoms with Crippen LogP contribution in [0, 0.1) is 35.5 Å². The van der Waals surface area contributed by atoms with Gasteiger partial charge in [-0.3, -0.25) is 0 Å². The molecule has 0 aromatic heterocycles. The molecule has 0 N–H and O–H groups in total. The van der Waals surface area contributed by atoms with Crippen molar-refractivity contribution in [1.29, 1.82) is 0 Å². The molecule has 0 heteroatoms. The minimum atomic E-state index is 0.875. The normalized spacial score (nSPS) is 42.4. The summed E-state index contributed by atoms with van der Waals surface area (Å²) in [5.41, 5.74) is 0. The van der Waals surface area contributed by atoms with Crippen LogP contribution in [0.25, 0.3) is 0 Å². The van der Waals surface area contributed by atoms with E-state index in [2.05, 4.69) is 62.5 Å².